The molecule has 1 heterocycles. The van der Waals surface area contributed by atoms with Gasteiger partial charge in [-0.15, -0.1) is 0 Å². The van der Waals surface area contributed by atoms with Crippen molar-refractivity contribution in [2.24, 2.45) is 0 Å². The summed E-state index contributed by atoms with van der Waals surface area (Å²) >= 11 is 0. The van der Waals surface area contributed by atoms with Crippen LogP contribution in [0.2, 0.25) is 0 Å². The van der Waals surface area contributed by atoms with Gasteiger partial charge in [-0.1, -0.05) is 72.8 Å². The molecule has 0 saturated heterocycles. The molecule has 0 fully saturated rings. The smallest absolute Gasteiger partial charge is 0.373 e. The van der Waals surface area contributed by atoms with E-state index in [0.717, 1.165) is 11.1 Å². The van der Waals surface area contributed by atoms with Gasteiger partial charge in [-0.3, -0.25) is 10.1 Å². The summed E-state index contributed by atoms with van der Waals surface area (Å²) in [6.07, 6.45) is 1.23. The van der Waals surface area contributed by atoms with Crippen molar-refractivity contribution in [1.82, 2.24) is 9.97 Å². The molecule has 0 aliphatic rings. The van der Waals surface area contributed by atoms with Crippen molar-refractivity contribution < 1.29 is 14.4 Å². The molecule has 32 heavy (non-hydrogen) atoms. The maximum absolute atomic E-state index is 12.0. The lowest BCUT2D eigenvalue weighted by Gasteiger charge is -2.20. The summed E-state index contributed by atoms with van der Waals surface area (Å²) in [5.41, 5.74) is 1.49. The summed E-state index contributed by atoms with van der Waals surface area (Å²) in [5, 5.41) is 15.2. The van der Waals surface area contributed by atoms with Crippen LogP contribution < -0.4 is 14.8 Å². The molecule has 0 atom stereocenters. The number of methoxy groups -OCH3 is 1. The largest absolute Gasteiger partial charge is 0.493 e. The highest BCUT2D eigenvalue weighted by atomic mass is 16.6. The fraction of sp³-hybridized carbons (Fsp3) is 0.0833. The summed E-state index contributed by atoms with van der Waals surface area (Å²) in [5.74, 6) is 0.608. The van der Waals surface area contributed by atoms with Gasteiger partial charge in [0.1, 0.15) is 6.33 Å². The molecule has 4 rings (SSSR count). The van der Waals surface area contributed by atoms with Gasteiger partial charge in [0.05, 0.1) is 18.1 Å². The maximum atomic E-state index is 12.0. The van der Waals surface area contributed by atoms with Crippen LogP contribution in [-0.2, 0) is 0 Å². The molecule has 0 amide bonds. The fourth-order valence-corrected chi connectivity index (χ4v) is 3.30. The number of ether oxygens (including phenoxy) is 2. The highest BCUT2D eigenvalue weighted by molar-refractivity contribution is 5.64. The number of hydrogen-bond donors (Lipinski definition) is 1. The molecule has 4 aromatic rings. The zero-order valence-electron chi connectivity index (χ0n) is 17.2. The number of benzene rings is 3. The third-order valence-electron chi connectivity index (χ3n) is 4.79. The summed E-state index contributed by atoms with van der Waals surface area (Å²) in [7, 11) is 1.49. The van der Waals surface area contributed by atoms with Crippen LogP contribution in [0.1, 0.15) is 17.2 Å². The molecule has 160 valence electrons. The molecule has 0 bridgehead atoms. The van der Waals surface area contributed by atoms with Gasteiger partial charge in [-0.2, -0.15) is 4.98 Å². The van der Waals surface area contributed by atoms with Gasteiger partial charge in [0.2, 0.25) is 5.82 Å². The first-order valence-electron chi connectivity index (χ1n) is 9.84. The van der Waals surface area contributed by atoms with Crippen LogP contribution in [-0.4, -0.2) is 22.0 Å². The Morgan fingerprint density at radius 3 is 1.97 bits per heavy atom. The highest BCUT2D eigenvalue weighted by Gasteiger charge is 2.28. The van der Waals surface area contributed by atoms with Crippen molar-refractivity contribution in [3.63, 3.8) is 0 Å². The Morgan fingerprint density at radius 2 is 1.41 bits per heavy atom. The number of aromatic nitrogens is 2. The van der Waals surface area contributed by atoms with E-state index in [1.54, 1.807) is 24.3 Å². The van der Waals surface area contributed by atoms with E-state index in [4.69, 9.17) is 9.47 Å². The maximum Gasteiger partial charge on any atom is 0.373 e. The molecule has 1 N–H and O–H groups in total. The average molecular weight is 428 g/mol. The summed E-state index contributed by atoms with van der Waals surface area (Å²) in [6, 6.07) is 25.8. The molecule has 0 radical (unpaired) electrons. The number of rotatable bonds is 8. The number of nitrogens with zero attached hydrogens (tertiary/aromatic N) is 3. The summed E-state index contributed by atoms with van der Waals surface area (Å²) < 4.78 is 11.0. The predicted octanol–water partition coefficient (Wildman–Crippen LogP) is 5.39. The number of anilines is 1. The highest BCUT2D eigenvalue weighted by Crippen LogP contribution is 2.39. The normalized spacial score (nSPS) is 10.6. The van der Waals surface area contributed by atoms with Gasteiger partial charge in [0, 0.05) is 0 Å². The van der Waals surface area contributed by atoms with E-state index in [1.165, 1.54) is 13.4 Å². The van der Waals surface area contributed by atoms with Crippen molar-refractivity contribution in [2.45, 2.75) is 6.04 Å². The van der Waals surface area contributed by atoms with Crippen molar-refractivity contribution in [3.8, 4) is 17.4 Å². The van der Waals surface area contributed by atoms with Crippen molar-refractivity contribution in [3.05, 3.63) is 112 Å². The minimum atomic E-state index is -0.555. The van der Waals surface area contributed by atoms with Crippen LogP contribution in [0.3, 0.4) is 0 Å². The molecule has 0 saturated carbocycles. The van der Waals surface area contributed by atoms with E-state index < -0.39 is 4.92 Å². The van der Waals surface area contributed by atoms with Gasteiger partial charge in [0.25, 0.3) is 0 Å². The van der Waals surface area contributed by atoms with E-state index in [9.17, 15) is 10.1 Å². The minimum Gasteiger partial charge on any atom is -0.493 e. The van der Waals surface area contributed by atoms with Gasteiger partial charge < -0.3 is 14.8 Å². The average Bonchev–Trinajstić information content (AvgIpc) is 2.84. The van der Waals surface area contributed by atoms with Gasteiger partial charge in [-0.05, 0) is 23.3 Å². The topological polar surface area (TPSA) is 99.4 Å². The third kappa shape index (κ3) is 4.49. The van der Waals surface area contributed by atoms with Crippen molar-refractivity contribution >= 4 is 11.5 Å². The van der Waals surface area contributed by atoms with E-state index in [2.05, 4.69) is 15.3 Å². The van der Waals surface area contributed by atoms with Crippen LogP contribution in [0.4, 0.5) is 11.5 Å². The third-order valence-corrected chi connectivity index (χ3v) is 4.79. The number of para-hydroxylation sites is 2. The number of nitro groups is 1. The molecule has 8 nitrogen and oxygen atoms in total. The molecule has 0 aliphatic heterocycles. The van der Waals surface area contributed by atoms with Crippen LogP contribution >= 0.6 is 0 Å². The Kier molecular flexibility index (Phi) is 6.22. The van der Waals surface area contributed by atoms with Gasteiger partial charge in [-0.25, -0.2) is 4.98 Å². The Hall–Kier alpha value is -4.46. The van der Waals surface area contributed by atoms with E-state index in [-0.39, 0.29) is 23.4 Å². The zero-order chi connectivity index (χ0) is 22.3. The van der Waals surface area contributed by atoms with Gasteiger partial charge in [0.15, 0.2) is 11.5 Å². The summed E-state index contributed by atoms with van der Waals surface area (Å²) in [6.45, 7) is 0. The first-order chi connectivity index (χ1) is 15.7. The minimum absolute atomic E-state index is 0.0487. The standard InChI is InChI=1S/C24H20N4O4/c1-31-19-14-8-9-15-20(19)32-24-22(28(29)30)23(25-16-26-24)27-21(17-10-4-2-5-11-17)18-12-6-3-7-13-18/h2-16,21H,1H3,(H,25,26,27). The Bertz CT molecular complexity index is 1160. The quantitative estimate of drug-likeness (QED) is 0.297. The molecular formula is C24H20N4O4. The zero-order valence-corrected chi connectivity index (χ0v) is 17.2. The van der Waals surface area contributed by atoms with Crippen LogP contribution in [0.25, 0.3) is 0 Å². The first-order valence-corrected chi connectivity index (χ1v) is 9.84. The van der Waals surface area contributed by atoms with Crippen molar-refractivity contribution in [2.75, 3.05) is 12.4 Å². The van der Waals surface area contributed by atoms with Crippen LogP contribution in [0.5, 0.6) is 17.4 Å². The lowest BCUT2D eigenvalue weighted by Crippen LogP contribution is -2.15. The molecule has 0 aliphatic carbocycles. The second kappa shape index (κ2) is 9.57. The van der Waals surface area contributed by atoms with Crippen molar-refractivity contribution in [1.29, 1.82) is 0 Å². The van der Waals surface area contributed by atoms with Crippen LogP contribution in [0.15, 0.2) is 91.3 Å². The van der Waals surface area contributed by atoms with Crippen LogP contribution in [0, 0.1) is 10.1 Å². The SMILES string of the molecule is COc1ccccc1Oc1ncnc(NC(c2ccccc2)c2ccccc2)c1[N+](=O)[O-]. The number of hydrogen-bond acceptors (Lipinski definition) is 7. The second-order valence-corrected chi connectivity index (χ2v) is 6.78. The molecular weight excluding hydrogens is 408 g/mol. The molecule has 0 spiro atoms. The molecule has 8 heteroatoms. The monoisotopic (exact) mass is 428 g/mol. The second-order valence-electron chi connectivity index (χ2n) is 6.78. The molecule has 3 aromatic carbocycles. The Morgan fingerprint density at radius 1 is 0.844 bits per heavy atom. The number of nitrogens with one attached hydrogen (secondary N) is 1. The van der Waals surface area contributed by atoms with E-state index in [1.807, 2.05) is 60.7 Å². The van der Waals surface area contributed by atoms with E-state index in [0.29, 0.717) is 11.5 Å². The molecule has 1 aromatic heterocycles. The lowest BCUT2D eigenvalue weighted by molar-refractivity contribution is -0.385. The van der Waals surface area contributed by atoms with Gasteiger partial charge >= 0.3 is 11.6 Å². The Balaban J connectivity index is 1.76. The molecule has 0 unspecified atom stereocenters. The Labute approximate surface area is 184 Å². The lowest BCUT2D eigenvalue weighted by atomic mass is 9.99. The summed E-state index contributed by atoms with van der Waals surface area (Å²) in [4.78, 5) is 19.6. The fourth-order valence-electron chi connectivity index (χ4n) is 3.30. The first kappa shape index (κ1) is 20.8. The van der Waals surface area contributed by atoms with E-state index >= 15 is 0 Å². The predicted molar refractivity (Wildman–Crippen MR) is 120 cm³/mol.